The molecule has 0 N–H and O–H groups in total. The molecule has 0 bridgehead atoms. The Bertz CT molecular complexity index is 798. The van der Waals surface area contributed by atoms with Crippen molar-refractivity contribution in [3.63, 3.8) is 0 Å². The van der Waals surface area contributed by atoms with E-state index in [-0.39, 0.29) is 24.8 Å². The van der Waals surface area contributed by atoms with E-state index in [1.807, 2.05) is 48.5 Å². The highest BCUT2D eigenvalue weighted by atomic mass is 16.5. The Morgan fingerprint density at radius 1 is 1.14 bits per heavy atom. The number of para-hydroxylation sites is 2. The molecule has 4 rings (SSSR count). The Hall–Kier alpha value is -2.62. The molecule has 2 aliphatic heterocycles. The van der Waals surface area contributed by atoms with E-state index in [9.17, 15) is 9.59 Å². The molecule has 0 aliphatic carbocycles. The van der Waals surface area contributed by atoms with Crippen LogP contribution in [0.5, 0.6) is 5.75 Å². The van der Waals surface area contributed by atoms with Crippen molar-refractivity contribution in [2.75, 3.05) is 18.1 Å². The van der Waals surface area contributed by atoms with Crippen LogP contribution < -0.4 is 9.64 Å². The predicted octanol–water partition coefficient (Wildman–Crippen LogP) is 2.30. The van der Waals surface area contributed by atoms with Crippen LogP contribution in [0.25, 0.3) is 0 Å². The molecule has 1 unspecified atom stereocenters. The van der Waals surface area contributed by atoms with Gasteiger partial charge in [-0.3, -0.25) is 9.59 Å². The van der Waals surface area contributed by atoms with Crippen LogP contribution in [0, 0.1) is 0 Å². The van der Waals surface area contributed by atoms with E-state index in [2.05, 4.69) is 0 Å². The standard InChI is InChI=1S/C18H15NO3/c1-12(20)10-19-15-8-4-2-6-13(15)18(17(19)21)11-22-16-9-5-3-7-14(16)18/h2-9H,10-11H2,1H3. The Balaban J connectivity index is 1.96. The van der Waals surface area contributed by atoms with E-state index in [1.54, 1.807) is 4.90 Å². The maximum atomic E-state index is 13.2. The van der Waals surface area contributed by atoms with Crippen molar-refractivity contribution in [1.29, 1.82) is 0 Å². The molecule has 0 aromatic heterocycles. The van der Waals surface area contributed by atoms with Crippen LogP contribution in [0.4, 0.5) is 5.69 Å². The first-order valence-corrected chi connectivity index (χ1v) is 7.28. The monoisotopic (exact) mass is 293 g/mol. The first kappa shape index (κ1) is 13.1. The summed E-state index contributed by atoms with van der Waals surface area (Å²) < 4.78 is 5.78. The minimum absolute atomic E-state index is 0.0348. The normalized spacial score (nSPS) is 21.7. The number of amides is 1. The third-order valence-electron chi connectivity index (χ3n) is 4.44. The topological polar surface area (TPSA) is 46.6 Å². The van der Waals surface area contributed by atoms with Gasteiger partial charge < -0.3 is 9.64 Å². The first-order valence-electron chi connectivity index (χ1n) is 7.28. The van der Waals surface area contributed by atoms with Crippen LogP contribution in [0.3, 0.4) is 0 Å². The molecule has 0 saturated heterocycles. The minimum atomic E-state index is -0.817. The molecule has 4 nitrogen and oxygen atoms in total. The molecule has 1 spiro atoms. The van der Waals surface area contributed by atoms with Crippen molar-refractivity contribution in [3.05, 3.63) is 59.7 Å². The molecular formula is C18H15NO3. The fraction of sp³-hybridized carbons (Fsp3) is 0.222. The fourth-order valence-electron chi connectivity index (χ4n) is 3.51. The van der Waals surface area contributed by atoms with Crippen molar-refractivity contribution in [2.45, 2.75) is 12.3 Å². The van der Waals surface area contributed by atoms with Crippen LogP contribution in [0.2, 0.25) is 0 Å². The van der Waals surface area contributed by atoms with Crippen molar-refractivity contribution >= 4 is 17.4 Å². The fourth-order valence-corrected chi connectivity index (χ4v) is 3.51. The number of Topliss-reactive ketones (excluding diaryl/α,β-unsaturated/α-hetero) is 1. The molecule has 0 fully saturated rings. The Morgan fingerprint density at radius 3 is 2.59 bits per heavy atom. The van der Waals surface area contributed by atoms with Gasteiger partial charge in [0.05, 0.1) is 6.54 Å². The lowest BCUT2D eigenvalue weighted by Crippen LogP contribution is -2.44. The SMILES string of the molecule is CC(=O)CN1C(=O)C2(COc3ccccc32)c2ccccc21. The molecule has 2 aromatic rings. The Kier molecular flexibility index (Phi) is 2.64. The number of ketones is 1. The molecule has 1 atom stereocenters. The second-order valence-corrected chi connectivity index (χ2v) is 5.80. The first-order chi connectivity index (χ1) is 10.6. The Morgan fingerprint density at radius 2 is 1.82 bits per heavy atom. The van der Waals surface area contributed by atoms with Gasteiger partial charge in [-0.15, -0.1) is 0 Å². The summed E-state index contributed by atoms with van der Waals surface area (Å²) in [4.78, 5) is 26.3. The smallest absolute Gasteiger partial charge is 0.246 e. The summed E-state index contributed by atoms with van der Waals surface area (Å²) in [5.41, 5.74) is 1.80. The maximum Gasteiger partial charge on any atom is 0.246 e. The summed E-state index contributed by atoms with van der Waals surface area (Å²) >= 11 is 0. The summed E-state index contributed by atoms with van der Waals surface area (Å²) in [6.45, 7) is 1.89. The van der Waals surface area contributed by atoms with Gasteiger partial charge in [-0.25, -0.2) is 0 Å². The second kappa shape index (κ2) is 4.44. The number of benzene rings is 2. The average molecular weight is 293 g/mol. The van der Waals surface area contributed by atoms with Crippen LogP contribution in [0.15, 0.2) is 48.5 Å². The zero-order valence-electron chi connectivity index (χ0n) is 12.2. The van der Waals surface area contributed by atoms with Gasteiger partial charge in [-0.05, 0) is 24.6 Å². The van der Waals surface area contributed by atoms with Crippen molar-refractivity contribution < 1.29 is 14.3 Å². The molecule has 110 valence electrons. The maximum absolute atomic E-state index is 13.2. The predicted molar refractivity (Wildman–Crippen MR) is 82.2 cm³/mol. The zero-order chi connectivity index (χ0) is 15.3. The molecule has 4 heteroatoms. The number of fused-ring (bicyclic) bond motifs is 4. The molecule has 22 heavy (non-hydrogen) atoms. The minimum Gasteiger partial charge on any atom is -0.491 e. The zero-order valence-corrected chi connectivity index (χ0v) is 12.2. The highest BCUT2D eigenvalue weighted by molar-refractivity contribution is 6.13. The van der Waals surface area contributed by atoms with E-state index in [1.165, 1.54) is 6.92 Å². The number of carbonyl (C=O) groups is 2. The lowest BCUT2D eigenvalue weighted by atomic mass is 9.77. The number of hydrogen-bond acceptors (Lipinski definition) is 3. The summed E-state index contributed by atoms with van der Waals surface area (Å²) in [7, 11) is 0. The van der Waals surface area contributed by atoms with E-state index in [4.69, 9.17) is 4.74 Å². The highest BCUT2D eigenvalue weighted by Crippen LogP contribution is 2.51. The van der Waals surface area contributed by atoms with E-state index in [0.29, 0.717) is 0 Å². The molecule has 1 amide bonds. The lowest BCUT2D eigenvalue weighted by Gasteiger charge is -2.22. The number of rotatable bonds is 2. The van der Waals surface area contributed by atoms with E-state index < -0.39 is 5.41 Å². The lowest BCUT2D eigenvalue weighted by molar-refractivity contribution is -0.124. The largest absolute Gasteiger partial charge is 0.491 e. The highest BCUT2D eigenvalue weighted by Gasteiger charge is 2.56. The summed E-state index contributed by atoms with van der Waals surface area (Å²) in [6.07, 6.45) is 0. The molecule has 0 radical (unpaired) electrons. The van der Waals surface area contributed by atoms with Gasteiger partial charge in [0.15, 0.2) is 0 Å². The molecule has 2 aromatic carbocycles. The van der Waals surface area contributed by atoms with E-state index >= 15 is 0 Å². The van der Waals surface area contributed by atoms with Gasteiger partial charge in [0.25, 0.3) is 0 Å². The van der Waals surface area contributed by atoms with E-state index in [0.717, 1.165) is 22.6 Å². The average Bonchev–Trinajstić information content (AvgIpc) is 3.02. The van der Waals surface area contributed by atoms with Gasteiger partial charge in [0.1, 0.15) is 23.6 Å². The van der Waals surface area contributed by atoms with Crippen LogP contribution >= 0.6 is 0 Å². The number of hydrogen-bond donors (Lipinski definition) is 0. The summed E-state index contributed by atoms with van der Waals surface area (Å²) in [5.74, 6) is 0.636. The quantitative estimate of drug-likeness (QED) is 0.853. The molecular weight excluding hydrogens is 278 g/mol. The van der Waals surface area contributed by atoms with Crippen LogP contribution in [-0.4, -0.2) is 24.8 Å². The number of carbonyl (C=O) groups excluding carboxylic acids is 2. The molecule has 0 saturated carbocycles. The molecule has 2 heterocycles. The Labute approximate surface area is 128 Å². The van der Waals surface area contributed by atoms with Crippen molar-refractivity contribution in [1.82, 2.24) is 0 Å². The third kappa shape index (κ3) is 1.52. The van der Waals surface area contributed by atoms with Crippen LogP contribution in [0.1, 0.15) is 18.1 Å². The number of ether oxygens (including phenoxy) is 1. The van der Waals surface area contributed by atoms with Gasteiger partial charge in [-0.1, -0.05) is 36.4 Å². The van der Waals surface area contributed by atoms with Crippen molar-refractivity contribution in [3.8, 4) is 5.75 Å². The van der Waals surface area contributed by atoms with Gasteiger partial charge >= 0.3 is 0 Å². The van der Waals surface area contributed by atoms with Crippen molar-refractivity contribution in [2.24, 2.45) is 0 Å². The van der Waals surface area contributed by atoms with Gasteiger partial charge in [0, 0.05) is 11.3 Å². The number of anilines is 1. The summed E-state index contributed by atoms with van der Waals surface area (Å²) in [6, 6.07) is 15.3. The third-order valence-corrected chi connectivity index (χ3v) is 4.44. The van der Waals surface area contributed by atoms with Crippen LogP contribution in [-0.2, 0) is 15.0 Å². The number of nitrogens with zero attached hydrogens (tertiary/aromatic N) is 1. The summed E-state index contributed by atoms with van der Waals surface area (Å²) in [5, 5.41) is 0. The van der Waals surface area contributed by atoms with Gasteiger partial charge in [-0.2, -0.15) is 0 Å². The molecule has 2 aliphatic rings. The second-order valence-electron chi connectivity index (χ2n) is 5.80. The van der Waals surface area contributed by atoms with Gasteiger partial charge in [0.2, 0.25) is 5.91 Å².